The summed E-state index contributed by atoms with van der Waals surface area (Å²) in [6.45, 7) is 3.01. The van der Waals surface area contributed by atoms with Gasteiger partial charge in [0.1, 0.15) is 0 Å². The van der Waals surface area contributed by atoms with Crippen molar-refractivity contribution in [2.24, 2.45) is 29.0 Å². The van der Waals surface area contributed by atoms with E-state index >= 15 is 0 Å². The molecule has 8 N–H and O–H groups in total. The van der Waals surface area contributed by atoms with Crippen LogP contribution in [0.4, 0.5) is 0 Å². The first-order valence-corrected chi connectivity index (χ1v) is 5.55. The van der Waals surface area contributed by atoms with E-state index in [1.807, 2.05) is 0 Å². The third-order valence-corrected chi connectivity index (χ3v) is 3.10. The van der Waals surface area contributed by atoms with Gasteiger partial charge in [0.15, 0.2) is 0 Å². The van der Waals surface area contributed by atoms with Gasteiger partial charge in [0.05, 0.1) is 12.7 Å². The van der Waals surface area contributed by atoms with Crippen LogP contribution in [0.25, 0.3) is 0 Å². The van der Waals surface area contributed by atoms with Crippen LogP contribution in [0.1, 0.15) is 19.3 Å². The van der Waals surface area contributed by atoms with Crippen LogP contribution in [0, 0.1) is 11.8 Å². The molecule has 5 heteroatoms. The van der Waals surface area contributed by atoms with Crippen molar-refractivity contribution in [2.45, 2.75) is 25.4 Å². The Morgan fingerprint density at radius 3 is 2.07 bits per heavy atom. The lowest BCUT2D eigenvalue weighted by atomic mass is 9.84. The average molecular weight is 219 g/mol. The Bertz CT molecular complexity index is 144. The van der Waals surface area contributed by atoms with Gasteiger partial charge in [-0.1, -0.05) is 0 Å². The molecule has 0 amide bonds. The molecule has 1 heterocycles. The van der Waals surface area contributed by atoms with Gasteiger partial charge in [-0.2, -0.15) is 0 Å². The molecule has 3 unspecified atom stereocenters. The van der Waals surface area contributed by atoms with Crippen LogP contribution in [0.5, 0.6) is 0 Å². The van der Waals surface area contributed by atoms with E-state index in [2.05, 4.69) is 0 Å². The summed E-state index contributed by atoms with van der Waals surface area (Å²) in [5.41, 5.74) is 16.7. The summed E-state index contributed by atoms with van der Waals surface area (Å²) in [4.78, 5) is 0. The van der Waals surface area contributed by atoms with Gasteiger partial charge < -0.3 is 27.4 Å². The summed E-state index contributed by atoms with van der Waals surface area (Å²) in [5.74, 6) is 1.17. The lowest BCUT2D eigenvalue weighted by Crippen LogP contribution is -2.26. The zero-order chi connectivity index (χ0) is 10.4. The fourth-order valence-corrected chi connectivity index (χ4v) is 2.39. The number of nitrogens with two attached hydrogens (primary N) is 3. The zero-order valence-electron chi connectivity index (χ0n) is 9.32. The van der Waals surface area contributed by atoms with Crippen LogP contribution in [0.3, 0.4) is 0 Å². The zero-order valence-corrected chi connectivity index (χ0v) is 9.32. The number of hydrogen-bond donors (Lipinski definition) is 3. The van der Waals surface area contributed by atoms with Gasteiger partial charge in [0.2, 0.25) is 0 Å². The van der Waals surface area contributed by atoms with Crippen molar-refractivity contribution < 1.29 is 10.2 Å². The molecule has 0 bridgehead atoms. The van der Waals surface area contributed by atoms with Crippen molar-refractivity contribution in [2.75, 3.05) is 26.2 Å². The van der Waals surface area contributed by atoms with Crippen molar-refractivity contribution in [3.05, 3.63) is 0 Å². The maximum atomic E-state index is 5.73. The maximum absolute atomic E-state index is 5.73. The molecule has 15 heavy (non-hydrogen) atoms. The Kier molecular flexibility index (Phi) is 7.90. The van der Waals surface area contributed by atoms with Gasteiger partial charge in [0, 0.05) is 0 Å². The van der Waals surface area contributed by atoms with Crippen molar-refractivity contribution >= 4 is 0 Å². The number of ether oxygens (including phenoxy) is 1. The van der Waals surface area contributed by atoms with Crippen LogP contribution < -0.4 is 17.2 Å². The third-order valence-electron chi connectivity index (χ3n) is 3.10. The summed E-state index contributed by atoms with van der Waals surface area (Å²) in [7, 11) is 0. The first kappa shape index (κ1) is 14.8. The standard InChI is InChI=1S/C10H23N3O.H2O/c11-4-1-8-7-14-10(3-6-13)9(8)2-5-12;/h8-10H,1-7,11-13H2;1H2. The van der Waals surface area contributed by atoms with Crippen molar-refractivity contribution in [1.82, 2.24) is 0 Å². The van der Waals surface area contributed by atoms with Gasteiger partial charge >= 0.3 is 0 Å². The minimum atomic E-state index is 0. The normalized spacial score (nSPS) is 30.2. The quantitative estimate of drug-likeness (QED) is 0.522. The van der Waals surface area contributed by atoms with Crippen molar-refractivity contribution in [1.29, 1.82) is 0 Å². The summed E-state index contributed by atoms with van der Waals surface area (Å²) < 4.78 is 5.73. The second kappa shape index (κ2) is 8.01. The van der Waals surface area contributed by atoms with Gasteiger partial charge in [0.25, 0.3) is 0 Å². The molecule has 1 fully saturated rings. The topological polar surface area (TPSA) is 119 Å². The first-order valence-electron chi connectivity index (χ1n) is 5.55. The summed E-state index contributed by atoms with van der Waals surface area (Å²) >= 11 is 0. The molecule has 92 valence electrons. The summed E-state index contributed by atoms with van der Waals surface area (Å²) in [6.07, 6.45) is 3.35. The lowest BCUT2D eigenvalue weighted by Gasteiger charge is -2.21. The molecule has 5 nitrogen and oxygen atoms in total. The predicted octanol–water partition coefficient (Wildman–Crippen LogP) is -1.16. The first-order chi connectivity index (χ1) is 6.83. The van der Waals surface area contributed by atoms with E-state index in [4.69, 9.17) is 21.9 Å². The van der Waals surface area contributed by atoms with E-state index in [-0.39, 0.29) is 5.48 Å². The van der Waals surface area contributed by atoms with Gasteiger partial charge in [-0.25, -0.2) is 0 Å². The molecule has 1 rings (SSSR count). The van der Waals surface area contributed by atoms with E-state index in [9.17, 15) is 0 Å². The van der Waals surface area contributed by atoms with Crippen LogP contribution in [0.15, 0.2) is 0 Å². The highest BCUT2D eigenvalue weighted by Crippen LogP contribution is 2.33. The number of hydrogen-bond acceptors (Lipinski definition) is 4. The molecular weight excluding hydrogens is 194 g/mol. The lowest BCUT2D eigenvalue weighted by molar-refractivity contribution is 0.0836. The van der Waals surface area contributed by atoms with Crippen molar-refractivity contribution in [3.8, 4) is 0 Å². The molecule has 1 aliphatic heterocycles. The molecule has 0 aliphatic carbocycles. The predicted molar refractivity (Wildman–Crippen MR) is 61.3 cm³/mol. The Morgan fingerprint density at radius 2 is 1.53 bits per heavy atom. The largest absolute Gasteiger partial charge is 0.412 e. The third kappa shape index (κ3) is 4.04. The Balaban J connectivity index is 0.00000196. The Labute approximate surface area is 91.6 Å². The minimum Gasteiger partial charge on any atom is -0.412 e. The molecule has 0 saturated carbocycles. The van der Waals surface area contributed by atoms with Crippen molar-refractivity contribution in [3.63, 3.8) is 0 Å². The second-order valence-electron chi connectivity index (χ2n) is 4.03. The van der Waals surface area contributed by atoms with E-state index in [0.29, 0.717) is 24.5 Å². The Morgan fingerprint density at radius 1 is 0.933 bits per heavy atom. The summed E-state index contributed by atoms with van der Waals surface area (Å²) in [5, 5.41) is 0. The molecule has 3 atom stereocenters. The fraction of sp³-hybridized carbons (Fsp3) is 1.00. The molecule has 0 aromatic rings. The highest BCUT2D eigenvalue weighted by molar-refractivity contribution is 4.84. The molecule has 0 radical (unpaired) electrons. The van der Waals surface area contributed by atoms with Crippen LogP contribution >= 0.6 is 0 Å². The molecule has 0 aromatic heterocycles. The minimum absolute atomic E-state index is 0. The average Bonchev–Trinajstić information content (AvgIpc) is 2.52. The Hall–Kier alpha value is -0.200. The van der Waals surface area contributed by atoms with E-state index in [1.54, 1.807) is 0 Å². The maximum Gasteiger partial charge on any atom is 0.0619 e. The highest BCUT2D eigenvalue weighted by atomic mass is 16.5. The molecule has 1 saturated heterocycles. The molecule has 0 aromatic carbocycles. The van der Waals surface area contributed by atoms with Crippen LogP contribution in [-0.4, -0.2) is 37.8 Å². The van der Waals surface area contributed by atoms with Gasteiger partial charge in [-0.05, 0) is 50.7 Å². The molecular formula is C10H25N3O2. The van der Waals surface area contributed by atoms with Crippen LogP contribution in [0.2, 0.25) is 0 Å². The van der Waals surface area contributed by atoms with E-state index < -0.39 is 0 Å². The van der Waals surface area contributed by atoms with Gasteiger partial charge in [-0.3, -0.25) is 0 Å². The SMILES string of the molecule is NCCC1COC(CCN)C1CCN.O. The fourth-order valence-electron chi connectivity index (χ4n) is 2.39. The monoisotopic (exact) mass is 219 g/mol. The highest BCUT2D eigenvalue weighted by Gasteiger charge is 2.35. The van der Waals surface area contributed by atoms with Crippen LogP contribution in [-0.2, 0) is 4.74 Å². The van der Waals surface area contributed by atoms with Gasteiger partial charge in [-0.15, -0.1) is 0 Å². The number of rotatable bonds is 6. The smallest absolute Gasteiger partial charge is 0.0619 e. The van der Waals surface area contributed by atoms with E-state index in [1.165, 1.54) is 0 Å². The second-order valence-corrected chi connectivity index (χ2v) is 4.03. The molecule has 1 aliphatic rings. The summed E-state index contributed by atoms with van der Waals surface area (Å²) in [6, 6.07) is 0. The van der Waals surface area contributed by atoms with E-state index in [0.717, 1.165) is 39.0 Å². The molecule has 0 spiro atoms.